The summed E-state index contributed by atoms with van der Waals surface area (Å²) in [6.45, 7) is 6.89. The van der Waals surface area contributed by atoms with Gasteiger partial charge in [-0.1, -0.05) is 27.2 Å². The summed E-state index contributed by atoms with van der Waals surface area (Å²) in [6, 6.07) is 2.69. The number of H-pyrrole nitrogens is 1. The molecule has 0 aromatic carbocycles. The van der Waals surface area contributed by atoms with Crippen LogP contribution in [0.2, 0.25) is 0 Å². The van der Waals surface area contributed by atoms with Gasteiger partial charge in [-0.25, -0.2) is 9.97 Å². The number of hydrogen-bond acceptors (Lipinski definition) is 2. The van der Waals surface area contributed by atoms with Gasteiger partial charge in [0.15, 0.2) is 5.65 Å². The van der Waals surface area contributed by atoms with Gasteiger partial charge in [0.1, 0.15) is 5.52 Å². The van der Waals surface area contributed by atoms with Crippen molar-refractivity contribution < 1.29 is 0 Å². The molecule has 4 nitrogen and oxygen atoms in total. The number of rotatable bonds is 5. The smallest absolute Gasteiger partial charge is 0.179 e. The lowest BCUT2D eigenvalue weighted by molar-refractivity contribution is 0.330. The number of nitrogens with zero attached hydrogens (tertiary/aromatic N) is 3. The van der Waals surface area contributed by atoms with Crippen LogP contribution < -0.4 is 0 Å². The SMILES string of the molecule is CCCC(C)C(CC)n1ccc2cnc3nc[nH]c3c21. The maximum absolute atomic E-state index is 4.39. The van der Waals surface area contributed by atoms with Gasteiger partial charge < -0.3 is 9.55 Å². The maximum atomic E-state index is 4.39. The Kier molecular flexibility index (Phi) is 3.47. The van der Waals surface area contributed by atoms with E-state index < -0.39 is 0 Å². The summed E-state index contributed by atoms with van der Waals surface area (Å²) in [7, 11) is 0. The Labute approximate surface area is 119 Å². The second kappa shape index (κ2) is 5.27. The molecule has 3 aromatic rings. The lowest BCUT2D eigenvalue weighted by Crippen LogP contribution is -2.16. The van der Waals surface area contributed by atoms with Gasteiger partial charge >= 0.3 is 0 Å². The molecule has 0 aliphatic carbocycles. The molecule has 2 atom stereocenters. The van der Waals surface area contributed by atoms with Crippen molar-refractivity contribution in [3.8, 4) is 0 Å². The first-order valence-corrected chi connectivity index (χ1v) is 7.54. The van der Waals surface area contributed by atoms with Crippen LogP contribution in [-0.4, -0.2) is 19.5 Å². The normalized spacial score (nSPS) is 14.9. The second-order valence-electron chi connectivity index (χ2n) is 5.63. The first-order chi connectivity index (χ1) is 9.76. The summed E-state index contributed by atoms with van der Waals surface area (Å²) in [6.07, 6.45) is 9.49. The van der Waals surface area contributed by atoms with Crippen molar-refractivity contribution in [1.29, 1.82) is 0 Å². The van der Waals surface area contributed by atoms with Crippen molar-refractivity contribution in [2.75, 3.05) is 0 Å². The zero-order valence-corrected chi connectivity index (χ0v) is 12.4. The van der Waals surface area contributed by atoms with E-state index in [2.05, 4.69) is 52.6 Å². The van der Waals surface area contributed by atoms with E-state index in [1.165, 1.54) is 23.7 Å². The fourth-order valence-electron chi connectivity index (χ4n) is 3.33. The number of pyridine rings is 1. The quantitative estimate of drug-likeness (QED) is 0.751. The number of hydrogen-bond donors (Lipinski definition) is 1. The Bertz CT molecular complexity index is 709. The largest absolute Gasteiger partial charge is 0.342 e. The van der Waals surface area contributed by atoms with E-state index in [-0.39, 0.29) is 0 Å². The second-order valence-corrected chi connectivity index (χ2v) is 5.63. The molecule has 0 aliphatic heterocycles. The minimum atomic E-state index is 0.529. The van der Waals surface area contributed by atoms with E-state index >= 15 is 0 Å². The number of aromatic amines is 1. The van der Waals surface area contributed by atoms with E-state index in [0.717, 1.165) is 17.6 Å². The van der Waals surface area contributed by atoms with Crippen LogP contribution >= 0.6 is 0 Å². The predicted molar refractivity (Wildman–Crippen MR) is 82.8 cm³/mol. The Hall–Kier alpha value is -1.84. The molecule has 0 radical (unpaired) electrons. The van der Waals surface area contributed by atoms with Gasteiger partial charge in [0, 0.05) is 23.8 Å². The minimum Gasteiger partial charge on any atom is -0.342 e. The molecular formula is C16H22N4. The summed E-state index contributed by atoms with van der Waals surface area (Å²) in [5.41, 5.74) is 3.09. The van der Waals surface area contributed by atoms with Crippen LogP contribution in [-0.2, 0) is 0 Å². The maximum Gasteiger partial charge on any atom is 0.179 e. The molecule has 0 saturated carbocycles. The Balaban J connectivity index is 2.17. The molecule has 0 fully saturated rings. The first-order valence-electron chi connectivity index (χ1n) is 7.54. The van der Waals surface area contributed by atoms with Crippen LogP contribution in [0.1, 0.15) is 46.1 Å². The van der Waals surface area contributed by atoms with Crippen LogP contribution in [0.15, 0.2) is 24.8 Å². The molecule has 3 heterocycles. The molecule has 0 aliphatic rings. The number of imidazole rings is 1. The Morgan fingerprint density at radius 1 is 1.30 bits per heavy atom. The third-order valence-corrected chi connectivity index (χ3v) is 4.30. The summed E-state index contributed by atoms with van der Waals surface area (Å²) >= 11 is 0. The highest BCUT2D eigenvalue weighted by Crippen LogP contribution is 2.32. The van der Waals surface area contributed by atoms with Crippen molar-refractivity contribution in [1.82, 2.24) is 19.5 Å². The van der Waals surface area contributed by atoms with Crippen LogP contribution in [0, 0.1) is 5.92 Å². The molecular weight excluding hydrogens is 248 g/mol. The van der Waals surface area contributed by atoms with E-state index in [4.69, 9.17) is 0 Å². The van der Waals surface area contributed by atoms with Gasteiger partial charge in [0.25, 0.3) is 0 Å². The number of aromatic nitrogens is 4. The third-order valence-electron chi connectivity index (χ3n) is 4.30. The first kappa shape index (κ1) is 13.2. The van der Waals surface area contributed by atoms with Crippen LogP contribution in [0.3, 0.4) is 0 Å². The van der Waals surface area contributed by atoms with Gasteiger partial charge in [0.05, 0.1) is 11.8 Å². The molecule has 0 spiro atoms. The van der Waals surface area contributed by atoms with Crippen molar-refractivity contribution in [3.63, 3.8) is 0 Å². The molecule has 20 heavy (non-hydrogen) atoms. The Morgan fingerprint density at radius 2 is 2.15 bits per heavy atom. The molecule has 106 valence electrons. The standard InChI is InChI=1S/C16H22N4/c1-4-6-11(3)13(5-2)20-8-7-12-9-17-16-14(15(12)20)18-10-19-16/h7-11,13H,4-6H2,1-3H3,(H,17,18,19). The lowest BCUT2D eigenvalue weighted by atomic mass is 9.94. The molecule has 3 rings (SSSR count). The van der Waals surface area contributed by atoms with Crippen molar-refractivity contribution in [2.45, 2.75) is 46.1 Å². The van der Waals surface area contributed by atoms with Crippen molar-refractivity contribution in [3.05, 3.63) is 24.8 Å². The van der Waals surface area contributed by atoms with Gasteiger partial charge in [-0.15, -0.1) is 0 Å². The molecule has 0 bridgehead atoms. The monoisotopic (exact) mass is 270 g/mol. The van der Waals surface area contributed by atoms with Crippen molar-refractivity contribution in [2.24, 2.45) is 5.92 Å². The average Bonchev–Trinajstić information content (AvgIpc) is 3.05. The molecule has 2 unspecified atom stereocenters. The van der Waals surface area contributed by atoms with Gasteiger partial charge in [-0.3, -0.25) is 0 Å². The highest BCUT2D eigenvalue weighted by atomic mass is 15.0. The van der Waals surface area contributed by atoms with Gasteiger partial charge in [-0.05, 0) is 24.8 Å². The fraction of sp³-hybridized carbons (Fsp3) is 0.500. The topological polar surface area (TPSA) is 46.5 Å². The van der Waals surface area contributed by atoms with Gasteiger partial charge in [0.2, 0.25) is 0 Å². The van der Waals surface area contributed by atoms with E-state index in [1.807, 2.05) is 6.20 Å². The highest BCUT2D eigenvalue weighted by Gasteiger charge is 2.19. The highest BCUT2D eigenvalue weighted by molar-refractivity contribution is 6.00. The van der Waals surface area contributed by atoms with Gasteiger partial charge in [-0.2, -0.15) is 0 Å². The van der Waals surface area contributed by atoms with E-state index in [1.54, 1.807) is 6.33 Å². The zero-order valence-electron chi connectivity index (χ0n) is 12.4. The van der Waals surface area contributed by atoms with Crippen LogP contribution in [0.4, 0.5) is 0 Å². The Morgan fingerprint density at radius 3 is 2.90 bits per heavy atom. The third kappa shape index (κ3) is 1.99. The molecule has 4 heteroatoms. The summed E-state index contributed by atoms with van der Waals surface area (Å²) in [5.74, 6) is 0.673. The molecule has 0 saturated heterocycles. The molecule has 3 aromatic heterocycles. The molecule has 0 amide bonds. The summed E-state index contributed by atoms with van der Waals surface area (Å²) < 4.78 is 2.41. The van der Waals surface area contributed by atoms with E-state index in [0.29, 0.717) is 12.0 Å². The lowest BCUT2D eigenvalue weighted by Gasteiger charge is -2.25. The molecule has 1 N–H and O–H groups in total. The van der Waals surface area contributed by atoms with Crippen molar-refractivity contribution >= 4 is 22.1 Å². The summed E-state index contributed by atoms with van der Waals surface area (Å²) in [5, 5.41) is 1.18. The number of fused-ring (bicyclic) bond motifs is 3. The average molecular weight is 270 g/mol. The zero-order chi connectivity index (χ0) is 14.1. The van der Waals surface area contributed by atoms with E-state index in [9.17, 15) is 0 Å². The summed E-state index contributed by atoms with van der Waals surface area (Å²) in [4.78, 5) is 11.9. The predicted octanol–water partition coefficient (Wildman–Crippen LogP) is 4.30. The van der Waals surface area contributed by atoms with Crippen LogP contribution in [0.5, 0.6) is 0 Å². The fourth-order valence-corrected chi connectivity index (χ4v) is 3.33. The minimum absolute atomic E-state index is 0.529. The number of nitrogens with one attached hydrogen (secondary N) is 1. The van der Waals surface area contributed by atoms with Crippen LogP contribution in [0.25, 0.3) is 22.1 Å².